The zero-order chi connectivity index (χ0) is 23.7. The van der Waals surface area contributed by atoms with Crippen LogP contribution in [0.1, 0.15) is 33.3 Å². The van der Waals surface area contributed by atoms with Gasteiger partial charge in [-0.25, -0.2) is 0 Å². The molecule has 6 nitrogen and oxygen atoms in total. The molecule has 1 aliphatic heterocycles. The van der Waals surface area contributed by atoms with Gasteiger partial charge >= 0.3 is 0 Å². The monoisotopic (exact) mass is 468 g/mol. The number of rotatable bonds is 5. The van der Waals surface area contributed by atoms with Crippen molar-refractivity contribution in [3.63, 3.8) is 0 Å². The van der Waals surface area contributed by atoms with Gasteiger partial charge in [-0.2, -0.15) is 0 Å². The highest BCUT2D eigenvalue weighted by Crippen LogP contribution is 2.35. The molecule has 168 valence electrons. The van der Waals surface area contributed by atoms with Gasteiger partial charge < -0.3 is 10.4 Å². The number of hydrogen-bond donors (Lipinski definition) is 3. The number of hydrogen-bond acceptors (Lipinski definition) is 5. The molecule has 0 radical (unpaired) electrons. The van der Waals surface area contributed by atoms with Crippen LogP contribution in [0.25, 0.3) is 11.3 Å². The average molecular weight is 469 g/mol. The average Bonchev–Trinajstić information content (AvgIpc) is 3.13. The summed E-state index contributed by atoms with van der Waals surface area (Å²) in [4.78, 5) is 18.6. The molecule has 0 spiro atoms. The van der Waals surface area contributed by atoms with Crippen molar-refractivity contribution in [2.75, 3.05) is 5.32 Å². The SMILES string of the molecule is N=C(c1cc(-c2ncccc2Cl)ccc1NCc1ccccc1)N1C(=O)c2ccccc2C1O. The van der Waals surface area contributed by atoms with Crippen LogP contribution in [-0.2, 0) is 6.54 Å². The van der Waals surface area contributed by atoms with Gasteiger partial charge in [0.25, 0.3) is 5.91 Å². The Balaban J connectivity index is 1.55. The molecule has 0 saturated carbocycles. The maximum absolute atomic E-state index is 13.1. The Morgan fingerprint density at radius 2 is 1.79 bits per heavy atom. The van der Waals surface area contributed by atoms with Gasteiger partial charge in [-0.05, 0) is 35.9 Å². The van der Waals surface area contributed by atoms with E-state index in [1.807, 2.05) is 42.5 Å². The minimum absolute atomic E-state index is 0.113. The van der Waals surface area contributed by atoms with Crippen LogP contribution in [0.4, 0.5) is 5.69 Å². The molecule has 4 aromatic rings. The Hall–Kier alpha value is -4.00. The summed E-state index contributed by atoms with van der Waals surface area (Å²) in [5.74, 6) is -0.526. The summed E-state index contributed by atoms with van der Waals surface area (Å²) < 4.78 is 0. The number of pyridine rings is 1. The lowest BCUT2D eigenvalue weighted by atomic mass is 10.0. The smallest absolute Gasteiger partial charge is 0.262 e. The molecule has 3 N–H and O–H groups in total. The predicted molar refractivity (Wildman–Crippen MR) is 133 cm³/mol. The van der Waals surface area contributed by atoms with Crippen LogP contribution >= 0.6 is 11.6 Å². The van der Waals surface area contributed by atoms with Crippen molar-refractivity contribution in [1.82, 2.24) is 9.88 Å². The molecular formula is C27H21ClN4O2. The van der Waals surface area contributed by atoms with Gasteiger partial charge in [0.15, 0.2) is 6.23 Å². The first-order valence-electron chi connectivity index (χ1n) is 10.8. The largest absolute Gasteiger partial charge is 0.380 e. The fourth-order valence-corrected chi connectivity index (χ4v) is 4.31. The lowest BCUT2D eigenvalue weighted by Crippen LogP contribution is -2.35. The Labute approximate surface area is 202 Å². The second-order valence-corrected chi connectivity index (χ2v) is 8.33. The predicted octanol–water partition coefficient (Wildman–Crippen LogP) is 5.49. The van der Waals surface area contributed by atoms with Crippen molar-refractivity contribution in [2.45, 2.75) is 12.8 Å². The van der Waals surface area contributed by atoms with Crippen LogP contribution in [0.5, 0.6) is 0 Å². The van der Waals surface area contributed by atoms with E-state index in [9.17, 15) is 9.90 Å². The summed E-state index contributed by atoms with van der Waals surface area (Å²) in [6, 6.07) is 25.7. The first kappa shape index (κ1) is 21.8. The van der Waals surface area contributed by atoms with Crippen molar-refractivity contribution in [2.24, 2.45) is 0 Å². The van der Waals surface area contributed by atoms with E-state index in [0.717, 1.165) is 10.5 Å². The van der Waals surface area contributed by atoms with Gasteiger partial charge in [0.2, 0.25) is 0 Å². The summed E-state index contributed by atoms with van der Waals surface area (Å²) in [7, 11) is 0. The molecule has 0 fully saturated rings. The molecule has 1 aromatic heterocycles. The van der Waals surface area contributed by atoms with Crippen molar-refractivity contribution in [3.05, 3.63) is 118 Å². The van der Waals surface area contributed by atoms with Gasteiger partial charge in [-0.1, -0.05) is 66.2 Å². The molecule has 1 unspecified atom stereocenters. The number of nitrogens with zero attached hydrogens (tertiary/aromatic N) is 2. The highest BCUT2D eigenvalue weighted by Gasteiger charge is 2.38. The molecule has 0 bridgehead atoms. The van der Waals surface area contributed by atoms with E-state index in [2.05, 4.69) is 10.3 Å². The molecule has 3 aromatic carbocycles. The molecular weight excluding hydrogens is 448 g/mol. The second kappa shape index (κ2) is 9.09. The number of carbonyl (C=O) groups excluding carboxylic acids is 1. The van der Waals surface area contributed by atoms with E-state index in [4.69, 9.17) is 17.0 Å². The maximum Gasteiger partial charge on any atom is 0.262 e. The topological polar surface area (TPSA) is 89.3 Å². The molecule has 5 rings (SSSR count). The number of nitrogens with one attached hydrogen (secondary N) is 2. The van der Waals surface area contributed by atoms with Gasteiger partial charge in [0.1, 0.15) is 5.84 Å². The van der Waals surface area contributed by atoms with E-state index >= 15 is 0 Å². The minimum Gasteiger partial charge on any atom is -0.380 e. The zero-order valence-corrected chi connectivity index (χ0v) is 18.8. The summed E-state index contributed by atoms with van der Waals surface area (Å²) in [6.45, 7) is 0.529. The van der Waals surface area contributed by atoms with E-state index in [1.165, 1.54) is 0 Å². The van der Waals surface area contributed by atoms with Gasteiger partial charge in [0, 0.05) is 40.7 Å². The highest BCUT2D eigenvalue weighted by atomic mass is 35.5. The number of carbonyl (C=O) groups is 1. The third-order valence-electron chi connectivity index (χ3n) is 5.81. The molecule has 0 aliphatic carbocycles. The summed E-state index contributed by atoms with van der Waals surface area (Å²) in [6.07, 6.45) is 0.415. The van der Waals surface area contributed by atoms with E-state index in [1.54, 1.807) is 48.7 Å². The fourth-order valence-electron chi connectivity index (χ4n) is 4.08. The molecule has 1 atom stereocenters. The lowest BCUT2D eigenvalue weighted by Gasteiger charge is -2.24. The van der Waals surface area contributed by atoms with E-state index in [-0.39, 0.29) is 5.84 Å². The number of aliphatic hydroxyl groups is 1. The number of amides is 1. The number of aromatic nitrogens is 1. The molecule has 0 saturated heterocycles. The van der Waals surface area contributed by atoms with Crippen molar-refractivity contribution >= 4 is 29.0 Å². The maximum atomic E-state index is 13.1. The number of fused-ring (bicyclic) bond motifs is 1. The Bertz CT molecular complexity index is 1390. The molecule has 1 aliphatic rings. The van der Waals surface area contributed by atoms with E-state index < -0.39 is 12.1 Å². The Kier molecular flexibility index (Phi) is 5.84. The number of halogens is 1. The number of amidine groups is 1. The first-order chi connectivity index (χ1) is 16.5. The first-order valence-corrected chi connectivity index (χ1v) is 11.1. The minimum atomic E-state index is -1.24. The van der Waals surface area contributed by atoms with Gasteiger partial charge in [-0.3, -0.25) is 20.1 Å². The molecule has 34 heavy (non-hydrogen) atoms. The quantitative estimate of drug-likeness (QED) is 0.267. The van der Waals surface area contributed by atoms with Crippen LogP contribution in [0.3, 0.4) is 0 Å². The van der Waals surface area contributed by atoms with Crippen LogP contribution in [0, 0.1) is 5.41 Å². The standard InChI is InChI=1S/C27H21ClN4O2/c28-22-11-6-14-30-24(22)18-12-13-23(31-16-17-7-2-1-3-8-17)21(15-18)25(29)32-26(33)19-9-4-5-10-20(19)27(32)34/h1-15,26,29,31,33H,16H2. The summed E-state index contributed by atoms with van der Waals surface area (Å²) in [5.41, 5.74) is 4.33. The lowest BCUT2D eigenvalue weighted by molar-refractivity contribution is 0.0484. The zero-order valence-electron chi connectivity index (χ0n) is 18.1. The Morgan fingerprint density at radius 1 is 1.03 bits per heavy atom. The molecule has 7 heteroatoms. The highest BCUT2D eigenvalue weighted by molar-refractivity contribution is 6.33. The van der Waals surface area contributed by atoms with Gasteiger partial charge in [-0.15, -0.1) is 0 Å². The van der Waals surface area contributed by atoms with Crippen LogP contribution < -0.4 is 5.32 Å². The normalized spacial score (nSPS) is 14.7. The second-order valence-electron chi connectivity index (χ2n) is 7.92. The fraction of sp³-hybridized carbons (Fsp3) is 0.0741. The third-order valence-corrected chi connectivity index (χ3v) is 6.11. The summed E-state index contributed by atoms with van der Waals surface area (Å²) >= 11 is 6.37. The number of aliphatic hydroxyl groups excluding tert-OH is 1. The number of benzene rings is 3. The van der Waals surface area contributed by atoms with Crippen LogP contribution in [-0.4, -0.2) is 26.7 Å². The molecule has 1 amide bonds. The van der Waals surface area contributed by atoms with E-state index in [0.29, 0.717) is 45.2 Å². The van der Waals surface area contributed by atoms with Crippen molar-refractivity contribution < 1.29 is 9.90 Å². The molecule has 2 heterocycles. The van der Waals surface area contributed by atoms with Crippen LogP contribution in [0.15, 0.2) is 91.1 Å². The van der Waals surface area contributed by atoms with Crippen LogP contribution in [0.2, 0.25) is 5.02 Å². The van der Waals surface area contributed by atoms with Crippen molar-refractivity contribution in [1.29, 1.82) is 5.41 Å². The number of anilines is 1. The Morgan fingerprint density at radius 3 is 2.56 bits per heavy atom. The summed E-state index contributed by atoms with van der Waals surface area (Å²) in [5, 5.41) is 23.7. The van der Waals surface area contributed by atoms with Gasteiger partial charge in [0.05, 0.1) is 10.7 Å². The third kappa shape index (κ3) is 3.94. The van der Waals surface area contributed by atoms with Crippen molar-refractivity contribution in [3.8, 4) is 11.3 Å².